The Morgan fingerprint density at radius 1 is 0.720 bits per heavy atom. The number of hydrogen-bond acceptors (Lipinski definition) is 0. The second-order valence-electron chi connectivity index (χ2n) is 7.66. The van der Waals surface area contributed by atoms with Gasteiger partial charge in [-0.1, -0.05) is 0 Å². The molecule has 140 valence electrons. The first-order valence-corrected chi connectivity index (χ1v) is 12.0. The Morgan fingerprint density at radius 3 is 1.32 bits per heavy atom. The maximum atomic E-state index is 2.47. The Kier molecular flexibility index (Phi) is 10.9. The van der Waals surface area contributed by atoms with Crippen molar-refractivity contribution in [2.45, 2.75) is 80.1 Å². The Morgan fingerprint density at radius 2 is 1.04 bits per heavy atom. The molecule has 2 aliphatic carbocycles. The van der Waals surface area contributed by atoms with Gasteiger partial charge in [-0.15, -0.1) is 0 Å². The Bertz CT molecular complexity index is 509. The van der Waals surface area contributed by atoms with Crippen molar-refractivity contribution in [2.24, 2.45) is 10.8 Å². The molecule has 0 unspecified atom stereocenters. The average molecular weight is 461 g/mol. The molecule has 0 heterocycles. The number of allylic oxidation sites excluding steroid dienone is 8. The first kappa shape index (κ1) is 25.4. The van der Waals surface area contributed by atoms with E-state index in [4.69, 9.17) is 0 Å². The largest absolute Gasteiger partial charge is 1.00 e. The van der Waals surface area contributed by atoms with E-state index in [0.29, 0.717) is 10.8 Å². The predicted octanol–water partition coefficient (Wildman–Crippen LogP) is 1.16. The van der Waals surface area contributed by atoms with Crippen LogP contribution >= 0.6 is 0 Å². The van der Waals surface area contributed by atoms with Gasteiger partial charge in [0.25, 0.3) is 0 Å². The molecule has 0 N–H and O–H groups in total. The van der Waals surface area contributed by atoms with Crippen molar-refractivity contribution in [2.75, 3.05) is 0 Å². The van der Waals surface area contributed by atoms with Crippen LogP contribution in [0, 0.1) is 10.8 Å². The summed E-state index contributed by atoms with van der Waals surface area (Å²) < 4.78 is 3.70. The van der Waals surface area contributed by atoms with Crippen LogP contribution in [-0.2, 0) is 23.2 Å². The molecule has 0 radical (unpaired) electrons. The minimum atomic E-state index is -0.626. The summed E-state index contributed by atoms with van der Waals surface area (Å²) in [5.41, 5.74) is 4.22. The second-order valence-corrected chi connectivity index (χ2v) is 11.2. The molecule has 2 rings (SSSR count). The van der Waals surface area contributed by atoms with E-state index in [1.807, 2.05) is 6.56 Å². The zero-order valence-corrected chi connectivity index (χ0v) is 20.8. The summed E-state index contributed by atoms with van der Waals surface area (Å²) >= 11 is -0.626. The summed E-state index contributed by atoms with van der Waals surface area (Å²) in [7, 11) is 0. The molecule has 0 amide bonds. The molecule has 0 spiro atoms. The van der Waals surface area contributed by atoms with Crippen LogP contribution in [-0.4, -0.2) is 0 Å². The summed E-state index contributed by atoms with van der Waals surface area (Å²) in [5, 5.41) is 0. The normalized spacial score (nSPS) is 16.9. The van der Waals surface area contributed by atoms with Gasteiger partial charge >= 0.3 is 156 Å². The van der Waals surface area contributed by atoms with Crippen LogP contribution in [0.25, 0.3) is 0 Å². The third kappa shape index (κ3) is 5.24. The van der Waals surface area contributed by atoms with Gasteiger partial charge in [0.05, 0.1) is 0 Å². The van der Waals surface area contributed by atoms with Crippen LogP contribution in [0.2, 0.25) is 0 Å². The molecule has 0 aromatic rings. The molecule has 0 atom stereocenters. The van der Waals surface area contributed by atoms with E-state index in [1.165, 1.54) is 38.5 Å². The molecule has 25 heavy (non-hydrogen) atoms. The van der Waals surface area contributed by atoms with Gasteiger partial charge in [0.2, 0.25) is 0 Å². The molecule has 2 aliphatic rings. The van der Waals surface area contributed by atoms with Crippen LogP contribution in [0.3, 0.4) is 0 Å². The standard InChI is InChI=1S/2C11H17.2ClH.Zr/c2*1-4-11(3,5-2)10-8-6-7-9-10;;;/h2*6,8H,4-5,7H2,1-3H3;2*1H;/q;;;;+2/p-2. The Hall–Kier alpha value is 0.423. The van der Waals surface area contributed by atoms with E-state index < -0.39 is 23.2 Å². The van der Waals surface area contributed by atoms with Gasteiger partial charge in [0.1, 0.15) is 0 Å². The number of rotatable bonds is 8. The Balaban J connectivity index is 0.00000288. The molecular weight excluding hydrogens is 426 g/mol. The predicted molar refractivity (Wildman–Crippen MR) is 98.9 cm³/mol. The van der Waals surface area contributed by atoms with E-state index in [9.17, 15) is 0 Å². The molecule has 0 saturated heterocycles. The van der Waals surface area contributed by atoms with Gasteiger partial charge in [-0.2, -0.15) is 0 Å². The smallest absolute Gasteiger partial charge is 1.00 e. The van der Waals surface area contributed by atoms with Crippen molar-refractivity contribution in [3.8, 4) is 0 Å². The topological polar surface area (TPSA) is 0 Å². The minimum absolute atomic E-state index is 0. The van der Waals surface area contributed by atoms with Crippen molar-refractivity contribution >= 4 is 0 Å². The first-order valence-electron chi connectivity index (χ1n) is 9.51. The van der Waals surface area contributed by atoms with Crippen LogP contribution in [0.5, 0.6) is 0 Å². The summed E-state index contributed by atoms with van der Waals surface area (Å²) in [5.74, 6) is 0. The SMILES string of the molecule is CCC(C)(CC)C1=[C]([Zr+2][C]2=C(C(C)(CC)CC)C=CC2)CC=C1.[Cl-].[Cl-]. The molecule has 0 aromatic heterocycles. The maximum absolute atomic E-state index is 2.47. The van der Waals surface area contributed by atoms with Crippen molar-refractivity contribution < 1.29 is 48.0 Å². The third-order valence-corrected chi connectivity index (χ3v) is 10.4. The van der Waals surface area contributed by atoms with Crippen molar-refractivity contribution in [1.82, 2.24) is 0 Å². The van der Waals surface area contributed by atoms with Crippen LogP contribution in [0.1, 0.15) is 80.1 Å². The quantitative estimate of drug-likeness (QED) is 0.510. The minimum Gasteiger partial charge on any atom is -1.00 e. The van der Waals surface area contributed by atoms with Gasteiger partial charge in [0, 0.05) is 0 Å². The fourth-order valence-electron chi connectivity index (χ4n) is 3.82. The van der Waals surface area contributed by atoms with Gasteiger partial charge in [-0.25, -0.2) is 0 Å². The molecule has 0 aliphatic heterocycles. The molecule has 0 nitrogen and oxygen atoms in total. The summed E-state index contributed by atoms with van der Waals surface area (Å²) in [6.07, 6.45) is 17.3. The Labute approximate surface area is 180 Å². The van der Waals surface area contributed by atoms with E-state index in [0.717, 1.165) is 0 Å². The van der Waals surface area contributed by atoms with E-state index >= 15 is 0 Å². The summed E-state index contributed by atoms with van der Waals surface area (Å²) in [6, 6.07) is 0. The number of halogens is 2. The zero-order valence-electron chi connectivity index (χ0n) is 16.8. The van der Waals surface area contributed by atoms with Crippen LogP contribution < -0.4 is 24.8 Å². The molecule has 0 saturated carbocycles. The van der Waals surface area contributed by atoms with E-state index in [1.54, 1.807) is 11.1 Å². The molecular formula is C22H34Cl2Zr. The third-order valence-electron chi connectivity index (χ3n) is 6.59. The summed E-state index contributed by atoms with van der Waals surface area (Å²) in [4.78, 5) is 0. The van der Waals surface area contributed by atoms with Gasteiger partial charge in [0.15, 0.2) is 0 Å². The van der Waals surface area contributed by atoms with Crippen molar-refractivity contribution in [3.63, 3.8) is 0 Å². The van der Waals surface area contributed by atoms with Crippen LogP contribution in [0.4, 0.5) is 0 Å². The van der Waals surface area contributed by atoms with Gasteiger partial charge in [-0.3, -0.25) is 0 Å². The van der Waals surface area contributed by atoms with Gasteiger partial charge in [-0.05, 0) is 0 Å². The van der Waals surface area contributed by atoms with Crippen molar-refractivity contribution in [3.05, 3.63) is 42.0 Å². The van der Waals surface area contributed by atoms with Crippen LogP contribution in [0.15, 0.2) is 42.0 Å². The van der Waals surface area contributed by atoms with Gasteiger partial charge < -0.3 is 24.8 Å². The molecule has 3 heteroatoms. The molecule has 0 aromatic carbocycles. The molecule has 0 fully saturated rings. The summed E-state index contributed by atoms with van der Waals surface area (Å²) in [6.45, 7) is 14.4. The molecule has 0 bridgehead atoms. The van der Waals surface area contributed by atoms with Crippen molar-refractivity contribution in [1.29, 1.82) is 0 Å². The average Bonchev–Trinajstić information content (AvgIpc) is 3.24. The fourth-order valence-corrected chi connectivity index (χ4v) is 8.35. The van der Waals surface area contributed by atoms with E-state index in [2.05, 4.69) is 65.8 Å². The number of hydrogen-bond donors (Lipinski definition) is 0. The second kappa shape index (κ2) is 10.7. The fraction of sp³-hybridized carbons (Fsp3) is 0.636. The monoisotopic (exact) mass is 458 g/mol. The van der Waals surface area contributed by atoms with E-state index in [-0.39, 0.29) is 24.8 Å². The zero-order chi connectivity index (χ0) is 17.1. The first-order chi connectivity index (χ1) is 10.9. The maximum Gasteiger partial charge on any atom is -1.00 e.